The van der Waals surface area contributed by atoms with Crippen LogP contribution < -0.4 is 0 Å². The number of carbonyl (C=O) groups excluding carboxylic acids is 1. The van der Waals surface area contributed by atoms with Crippen LogP contribution in [0.25, 0.3) is 11.3 Å². The van der Waals surface area contributed by atoms with Crippen LogP contribution in [0.15, 0.2) is 10.4 Å². The second-order valence-electron chi connectivity index (χ2n) is 4.67. The molecule has 0 saturated heterocycles. The van der Waals surface area contributed by atoms with E-state index in [4.69, 9.17) is 4.74 Å². The SMILES string of the molecule is CCOC(=O)c1sc(SC)c2c1CCc1cn(C)nc1-2. The molecule has 0 radical (unpaired) electrons. The molecular formula is C14H16N2O2S2. The average molecular weight is 308 g/mol. The van der Waals surface area contributed by atoms with Gasteiger partial charge in [0.1, 0.15) is 4.88 Å². The second-order valence-corrected chi connectivity index (χ2v) is 6.77. The topological polar surface area (TPSA) is 44.1 Å². The summed E-state index contributed by atoms with van der Waals surface area (Å²) < 4.78 is 8.19. The molecule has 1 aliphatic carbocycles. The Morgan fingerprint density at radius 2 is 2.35 bits per heavy atom. The number of hydrogen-bond acceptors (Lipinski definition) is 5. The lowest BCUT2D eigenvalue weighted by atomic mass is 9.92. The third kappa shape index (κ3) is 2.07. The van der Waals surface area contributed by atoms with Crippen molar-refractivity contribution in [2.45, 2.75) is 24.0 Å². The molecule has 2 aromatic rings. The summed E-state index contributed by atoms with van der Waals surface area (Å²) in [5, 5.41) is 4.58. The van der Waals surface area contributed by atoms with Crippen molar-refractivity contribution >= 4 is 29.1 Å². The maximum Gasteiger partial charge on any atom is 0.348 e. The Labute approximate surface area is 126 Å². The van der Waals surface area contributed by atoms with Crippen molar-refractivity contribution in [2.24, 2.45) is 7.05 Å². The number of rotatable bonds is 3. The van der Waals surface area contributed by atoms with Crippen LogP contribution in [0.1, 0.15) is 27.7 Å². The minimum absolute atomic E-state index is 0.201. The summed E-state index contributed by atoms with van der Waals surface area (Å²) in [4.78, 5) is 12.9. The van der Waals surface area contributed by atoms with E-state index in [9.17, 15) is 4.79 Å². The van der Waals surface area contributed by atoms with Gasteiger partial charge in [0.15, 0.2) is 0 Å². The van der Waals surface area contributed by atoms with Crippen LogP contribution in [0, 0.1) is 0 Å². The number of ether oxygens (including phenoxy) is 1. The maximum atomic E-state index is 12.1. The summed E-state index contributed by atoms with van der Waals surface area (Å²) in [7, 11) is 1.94. The van der Waals surface area contributed by atoms with Gasteiger partial charge in [-0.25, -0.2) is 4.79 Å². The van der Waals surface area contributed by atoms with Gasteiger partial charge in [0.2, 0.25) is 0 Å². The van der Waals surface area contributed by atoms with Crippen molar-refractivity contribution in [2.75, 3.05) is 12.9 Å². The highest BCUT2D eigenvalue weighted by atomic mass is 32.2. The fourth-order valence-corrected chi connectivity index (χ4v) is 4.60. The first-order valence-electron chi connectivity index (χ1n) is 6.55. The van der Waals surface area contributed by atoms with Gasteiger partial charge in [-0.15, -0.1) is 23.1 Å². The monoisotopic (exact) mass is 308 g/mol. The molecule has 0 aliphatic heterocycles. The molecule has 3 rings (SSSR count). The quantitative estimate of drug-likeness (QED) is 0.645. The van der Waals surface area contributed by atoms with Crippen molar-refractivity contribution in [3.63, 3.8) is 0 Å². The molecule has 0 amide bonds. The lowest BCUT2D eigenvalue weighted by molar-refractivity contribution is 0.0531. The Morgan fingerprint density at radius 3 is 3.05 bits per heavy atom. The van der Waals surface area contributed by atoms with E-state index in [0.29, 0.717) is 6.61 Å². The highest BCUT2D eigenvalue weighted by Gasteiger charge is 2.30. The van der Waals surface area contributed by atoms with Crippen LogP contribution in [-0.2, 0) is 24.6 Å². The van der Waals surface area contributed by atoms with Crippen LogP contribution in [0.2, 0.25) is 0 Å². The standard InChI is InChI=1S/C14H16N2O2S2/c1-4-18-13(17)12-9-6-5-8-7-16(2)15-11(8)10(9)14(19-3)20-12/h7H,4-6H2,1-3H3. The summed E-state index contributed by atoms with van der Waals surface area (Å²) in [6.45, 7) is 2.25. The van der Waals surface area contributed by atoms with E-state index in [2.05, 4.69) is 11.3 Å². The minimum atomic E-state index is -0.201. The summed E-state index contributed by atoms with van der Waals surface area (Å²) in [6.07, 6.45) is 5.94. The third-order valence-corrected chi connectivity index (χ3v) is 5.74. The van der Waals surface area contributed by atoms with E-state index in [0.717, 1.165) is 38.7 Å². The number of carbonyl (C=O) groups is 1. The minimum Gasteiger partial charge on any atom is -0.462 e. The molecule has 1 aliphatic rings. The first-order chi connectivity index (χ1) is 9.65. The fourth-order valence-electron chi connectivity index (χ4n) is 2.62. The zero-order valence-electron chi connectivity index (χ0n) is 11.7. The van der Waals surface area contributed by atoms with Gasteiger partial charge in [-0.05, 0) is 37.1 Å². The van der Waals surface area contributed by atoms with Crippen molar-refractivity contribution in [1.29, 1.82) is 0 Å². The van der Waals surface area contributed by atoms with E-state index in [1.165, 1.54) is 16.9 Å². The zero-order valence-corrected chi connectivity index (χ0v) is 13.4. The summed E-state index contributed by atoms with van der Waals surface area (Å²) >= 11 is 3.21. The van der Waals surface area contributed by atoms with Gasteiger partial charge in [0, 0.05) is 18.8 Å². The first kappa shape index (κ1) is 13.7. The number of thiophene rings is 1. The second kappa shape index (κ2) is 5.26. The van der Waals surface area contributed by atoms with Gasteiger partial charge in [0.25, 0.3) is 0 Å². The Hall–Kier alpha value is -1.27. The molecule has 0 fully saturated rings. The molecule has 0 unspecified atom stereocenters. The third-order valence-electron chi connectivity index (χ3n) is 3.41. The van der Waals surface area contributed by atoms with Gasteiger partial charge in [0.05, 0.1) is 16.5 Å². The van der Waals surface area contributed by atoms with Gasteiger partial charge >= 0.3 is 5.97 Å². The predicted molar refractivity (Wildman–Crippen MR) is 81.7 cm³/mol. The molecule has 2 heterocycles. The fraction of sp³-hybridized carbons (Fsp3) is 0.429. The first-order valence-corrected chi connectivity index (χ1v) is 8.59. The van der Waals surface area contributed by atoms with Crippen molar-refractivity contribution in [1.82, 2.24) is 9.78 Å². The largest absolute Gasteiger partial charge is 0.462 e. The molecule has 0 atom stereocenters. The van der Waals surface area contributed by atoms with Crippen LogP contribution in [0.4, 0.5) is 0 Å². The van der Waals surface area contributed by atoms with E-state index < -0.39 is 0 Å². The number of aryl methyl sites for hydroxylation is 2. The molecule has 2 aromatic heterocycles. The van der Waals surface area contributed by atoms with Gasteiger partial charge in [-0.3, -0.25) is 4.68 Å². The van der Waals surface area contributed by atoms with E-state index in [-0.39, 0.29) is 5.97 Å². The number of thioether (sulfide) groups is 1. The molecule has 0 aromatic carbocycles. The molecule has 0 bridgehead atoms. The number of esters is 1. The van der Waals surface area contributed by atoms with Crippen molar-refractivity contribution in [3.8, 4) is 11.3 Å². The normalized spacial score (nSPS) is 12.9. The lowest BCUT2D eigenvalue weighted by Gasteiger charge is -2.13. The number of fused-ring (bicyclic) bond motifs is 3. The number of hydrogen-bond donors (Lipinski definition) is 0. The lowest BCUT2D eigenvalue weighted by Crippen LogP contribution is -2.08. The van der Waals surface area contributed by atoms with Crippen LogP contribution >= 0.6 is 23.1 Å². The van der Waals surface area contributed by atoms with Gasteiger partial charge in [-0.2, -0.15) is 5.10 Å². The molecule has 0 N–H and O–H groups in total. The molecular weight excluding hydrogens is 292 g/mol. The average Bonchev–Trinajstić information content (AvgIpc) is 2.97. The maximum absolute atomic E-state index is 12.1. The van der Waals surface area contributed by atoms with Crippen LogP contribution in [0.5, 0.6) is 0 Å². The van der Waals surface area contributed by atoms with E-state index in [1.54, 1.807) is 11.8 Å². The summed E-state index contributed by atoms with van der Waals surface area (Å²) in [5.41, 5.74) is 4.56. The molecule has 106 valence electrons. The highest BCUT2D eigenvalue weighted by Crippen LogP contribution is 2.45. The molecule has 6 heteroatoms. The predicted octanol–water partition coefficient (Wildman–Crippen LogP) is 3.15. The van der Waals surface area contributed by atoms with Crippen LogP contribution in [-0.4, -0.2) is 28.6 Å². The molecule has 0 saturated carbocycles. The van der Waals surface area contributed by atoms with Crippen LogP contribution in [0.3, 0.4) is 0 Å². The number of aromatic nitrogens is 2. The molecule has 4 nitrogen and oxygen atoms in total. The zero-order chi connectivity index (χ0) is 14.3. The smallest absolute Gasteiger partial charge is 0.348 e. The van der Waals surface area contributed by atoms with Gasteiger partial charge < -0.3 is 4.74 Å². The molecule has 20 heavy (non-hydrogen) atoms. The Bertz CT molecular complexity index is 673. The highest BCUT2D eigenvalue weighted by molar-refractivity contribution is 8.00. The van der Waals surface area contributed by atoms with E-state index >= 15 is 0 Å². The summed E-state index contributed by atoms with van der Waals surface area (Å²) in [5.74, 6) is -0.201. The number of nitrogens with zero attached hydrogens (tertiary/aromatic N) is 2. The van der Waals surface area contributed by atoms with Crippen molar-refractivity contribution in [3.05, 3.63) is 22.2 Å². The molecule has 0 spiro atoms. The Kier molecular flexibility index (Phi) is 3.60. The van der Waals surface area contributed by atoms with Crippen molar-refractivity contribution < 1.29 is 9.53 Å². The van der Waals surface area contributed by atoms with Gasteiger partial charge in [-0.1, -0.05) is 0 Å². The Balaban J connectivity index is 2.16. The Morgan fingerprint density at radius 1 is 1.55 bits per heavy atom. The summed E-state index contributed by atoms with van der Waals surface area (Å²) in [6, 6.07) is 0. The van der Waals surface area contributed by atoms with E-state index in [1.807, 2.05) is 24.9 Å².